The van der Waals surface area contributed by atoms with Crippen LogP contribution in [0.2, 0.25) is 0 Å². The van der Waals surface area contributed by atoms with Gasteiger partial charge in [0.25, 0.3) is 17.5 Å². The lowest BCUT2D eigenvalue weighted by Crippen LogP contribution is -2.34. The predicted molar refractivity (Wildman–Crippen MR) is 79.8 cm³/mol. The minimum Gasteiger partial charge on any atom is -0.387 e. The molecule has 0 unspecified atom stereocenters. The molecule has 2 aromatic carbocycles. The van der Waals surface area contributed by atoms with E-state index in [2.05, 4.69) is 0 Å². The molecule has 1 heterocycles. The fourth-order valence-corrected chi connectivity index (χ4v) is 2.60. The van der Waals surface area contributed by atoms with Crippen LogP contribution in [0.25, 0.3) is 0 Å². The summed E-state index contributed by atoms with van der Waals surface area (Å²) in [6, 6.07) is 8.75. The first-order valence-electron chi connectivity index (χ1n) is 6.97. The fourth-order valence-electron chi connectivity index (χ4n) is 2.60. The topological polar surface area (TPSA) is 101 Å². The van der Waals surface area contributed by atoms with Crippen molar-refractivity contribution in [3.63, 3.8) is 0 Å². The van der Waals surface area contributed by atoms with Gasteiger partial charge < -0.3 is 5.11 Å². The van der Waals surface area contributed by atoms with Crippen LogP contribution in [0.15, 0.2) is 42.5 Å². The minimum absolute atomic E-state index is 0.0690. The molecule has 1 N–H and O–H groups in total. The monoisotopic (exact) mass is 330 g/mol. The van der Waals surface area contributed by atoms with Crippen molar-refractivity contribution >= 4 is 17.5 Å². The number of benzene rings is 2. The van der Waals surface area contributed by atoms with Crippen LogP contribution >= 0.6 is 0 Å². The number of rotatable bonds is 4. The van der Waals surface area contributed by atoms with Crippen molar-refractivity contribution in [3.05, 3.63) is 75.1 Å². The van der Waals surface area contributed by atoms with E-state index in [9.17, 15) is 29.2 Å². The summed E-state index contributed by atoms with van der Waals surface area (Å²) in [5.41, 5.74) is -0.480. The Balaban J connectivity index is 1.90. The molecule has 3 rings (SSSR count). The summed E-state index contributed by atoms with van der Waals surface area (Å²) in [5.74, 6) is -2.02. The van der Waals surface area contributed by atoms with Crippen LogP contribution < -0.4 is 0 Å². The lowest BCUT2D eigenvalue weighted by molar-refractivity contribution is -0.385. The van der Waals surface area contributed by atoms with E-state index in [-0.39, 0.29) is 17.7 Å². The zero-order valence-electron chi connectivity index (χ0n) is 12.2. The molecule has 0 radical (unpaired) electrons. The number of β-amino-alcohol motifs (C(OH)–C–C–N with tert-alkyl or cyclic N) is 1. The van der Waals surface area contributed by atoms with Gasteiger partial charge in [0.2, 0.25) is 0 Å². The maximum atomic E-state index is 12.9. The molecule has 1 aliphatic heterocycles. The van der Waals surface area contributed by atoms with E-state index in [1.165, 1.54) is 24.3 Å². The number of hydrogen-bond donors (Lipinski definition) is 1. The van der Waals surface area contributed by atoms with Crippen molar-refractivity contribution in [1.82, 2.24) is 4.90 Å². The van der Waals surface area contributed by atoms with Crippen molar-refractivity contribution in [2.75, 3.05) is 6.54 Å². The standard InChI is InChI=1S/C16H11FN2O5/c17-10-6-4-9(5-7-10)13(20)8-18-15(21)11-2-1-3-12(19(23)24)14(11)16(18)22/h1-7,13,20H,8H2/t13-/m0/s1. The van der Waals surface area contributed by atoms with Crippen LogP contribution in [0.3, 0.4) is 0 Å². The van der Waals surface area contributed by atoms with E-state index in [0.717, 1.165) is 23.1 Å². The third-order valence-corrected chi connectivity index (χ3v) is 3.78. The van der Waals surface area contributed by atoms with E-state index in [4.69, 9.17) is 0 Å². The van der Waals surface area contributed by atoms with Gasteiger partial charge in [-0.3, -0.25) is 24.6 Å². The molecule has 8 heteroatoms. The van der Waals surface area contributed by atoms with Crippen molar-refractivity contribution in [2.24, 2.45) is 0 Å². The van der Waals surface area contributed by atoms with Crippen LogP contribution in [0.5, 0.6) is 0 Å². The van der Waals surface area contributed by atoms with E-state index < -0.39 is 34.3 Å². The molecule has 7 nitrogen and oxygen atoms in total. The number of amides is 2. The third kappa shape index (κ3) is 2.52. The minimum atomic E-state index is -1.23. The quantitative estimate of drug-likeness (QED) is 0.525. The summed E-state index contributed by atoms with van der Waals surface area (Å²) in [6.45, 7) is -0.380. The normalized spacial score (nSPS) is 14.7. The summed E-state index contributed by atoms with van der Waals surface area (Å²) in [5, 5.41) is 21.2. The number of fused-ring (bicyclic) bond motifs is 1. The van der Waals surface area contributed by atoms with Crippen molar-refractivity contribution in [1.29, 1.82) is 0 Å². The highest BCUT2D eigenvalue weighted by Crippen LogP contribution is 2.31. The van der Waals surface area contributed by atoms with Gasteiger partial charge in [-0.05, 0) is 23.8 Å². The van der Waals surface area contributed by atoms with Gasteiger partial charge >= 0.3 is 0 Å². The van der Waals surface area contributed by atoms with Crippen molar-refractivity contribution < 1.29 is 24.0 Å². The highest BCUT2D eigenvalue weighted by Gasteiger charge is 2.41. The molecule has 0 saturated carbocycles. The summed E-state index contributed by atoms with van der Waals surface area (Å²) in [6.07, 6.45) is -1.23. The number of carbonyl (C=O) groups excluding carboxylic acids is 2. The number of nitrogens with zero attached hydrogens (tertiary/aromatic N) is 2. The molecule has 0 saturated heterocycles. The second kappa shape index (κ2) is 5.82. The van der Waals surface area contributed by atoms with E-state index in [1.54, 1.807) is 0 Å². The summed E-state index contributed by atoms with van der Waals surface area (Å²) >= 11 is 0. The first-order chi connectivity index (χ1) is 11.4. The summed E-state index contributed by atoms with van der Waals surface area (Å²) in [4.78, 5) is 35.8. The molecule has 0 fully saturated rings. The van der Waals surface area contributed by atoms with Gasteiger partial charge in [0.1, 0.15) is 11.4 Å². The average molecular weight is 330 g/mol. The zero-order chi connectivity index (χ0) is 17.4. The number of nitro groups is 1. The molecule has 0 aromatic heterocycles. The highest BCUT2D eigenvalue weighted by molar-refractivity contribution is 6.23. The van der Waals surface area contributed by atoms with Gasteiger partial charge in [-0.15, -0.1) is 0 Å². The second-order valence-corrected chi connectivity index (χ2v) is 5.25. The lowest BCUT2D eigenvalue weighted by atomic mass is 10.1. The fraction of sp³-hybridized carbons (Fsp3) is 0.125. The molecule has 1 aliphatic rings. The molecule has 0 bridgehead atoms. The number of nitro benzene ring substituents is 1. The first-order valence-corrected chi connectivity index (χ1v) is 6.97. The zero-order valence-corrected chi connectivity index (χ0v) is 12.2. The first kappa shape index (κ1) is 15.8. The van der Waals surface area contributed by atoms with Crippen molar-refractivity contribution in [2.45, 2.75) is 6.10 Å². The van der Waals surface area contributed by atoms with Gasteiger partial charge in [0.15, 0.2) is 0 Å². The van der Waals surface area contributed by atoms with Gasteiger partial charge in [-0.25, -0.2) is 4.39 Å². The number of hydrogen-bond acceptors (Lipinski definition) is 5. The number of imide groups is 1. The second-order valence-electron chi connectivity index (χ2n) is 5.25. The Morgan fingerprint density at radius 1 is 1.12 bits per heavy atom. The Morgan fingerprint density at radius 2 is 1.79 bits per heavy atom. The third-order valence-electron chi connectivity index (χ3n) is 3.78. The highest BCUT2D eigenvalue weighted by atomic mass is 19.1. The van der Waals surface area contributed by atoms with Gasteiger partial charge in [0, 0.05) is 6.07 Å². The summed E-state index contributed by atoms with van der Waals surface area (Å²) in [7, 11) is 0. The molecule has 24 heavy (non-hydrogen) atoms. The molecule has 0 aliphatic carbocycles. The Hall–Kier alpha value is -3.13. The molecule has 2 aromatic rings. The maximum absolute atomic E-state index is 12.9. The Bertz CT molecular complexity index is 850. The molecule has 1 atom stereocenters. The average Bonchev–Trinajstić information content (AvgIpc) is 2.80. The molecule has 2 amide bonds. The number of aliphatic hydroxyl groups excluding tert-OH is 1. The van der Waals surface area contributed by atoms with Crippen LogP contribution in [0.1, 0.15) is 32.4 Å². The van der Waals surface area contributed by atoms with Crippen LogP contribution in [0, 0.1) is 15.9 Å². The van der Waals surface area contributed by atoms with Crippen LogP contribution in [0.4, 0.5) is 10.1 Å². The Labute approximate surface area is 135 Å². The van der Waals surface area contributed by atoms with Gasteiger partial charge in [0.05, 0.1) is 23.1 Å². The molecular weight excluding hydrogens is 319 g/mol. The van der Waals surface area contributed by atoms with E-state index in [0.29, 0.717) is 5.56 Å². The van der Waals surface area contributed by atoms with Crippen LogP contribution in [-0.4, -0.2) is 33.3 Å². The van der Waals surface area contributed by atoms with Gasteiger partial charge in [-0.2, -0.15) is 0 Å². The molecular formula is C16H11FN2O5. The van der Waals surface area contributed by atoms with Gasteiger partial charge in [-0.1, -0.05) is 18.2 Å². The molecule has 0 spiro atoms. The Kier molecular flexibility index (Phi) is 3.82. The van der Waals surface area contributed by atoms with Crippen LogP contribution in [-0.2, 0) is 0 Å². The maximum Gasteiger partial charge on any atom is 0.282 e. The SMILES string of the molecule is O=C1c2cccc([N+](=O)[O-])c2C(=O)N1C[C@H](O)c1ccc(F)cc1. The Morgan fingerprint density at radius 3 is 2.42 bits per heavy atom. The largest absolute Gasteiger partial charge is 0.387 e. The van der Waals surface area contributed by atoms with Crippen molar-refractivity contribution in [3.8, 4) is 0 Å². The number of halogens is 1. The van der Waals surface area contributed by atoms with E-state index >= 15 is 0 Å². The van der Waals surface area contributed by atoms with E-state index in [1.807, 2.05) is 0 Å². The lowest BCUT2D eigenvalue weighted by Gasteiger charge is -2.18. The molecule has 122 valence electrons. The smallest absolute Gasteiger partial charge is 0.282 e. The number of carbonyl (C=O) groups is 2. The predicted octanol–water partition coefficient (Wildman–Crippen LogP) is 2.06. The number of aliphatic hydroxyl groups is 1. The summed E-state index contributed by atoms with van der Waals surface area (Å²) < 4.78 is 12.9.